The molecule has 4 heteroatoms. The number of pyridine rings is 2. The van der Waals surface area contributed by atoms with Gasteiger partial charge in [0.25, 0.3) is 0 Å². The van der Waals surface area contributed by atoms with Crippen LogP contribution in [0.1, 0.15) is 0 Å². The van der Waals surface area contributed by atoms with Gasteiger partial charge < -0.3 is 0 Å². The molecule has 0 atom stereocenters. The predicted molar refractivity (Wildman–Crippen MR) is 215 cm³/mol. The average Bonchev–Trinajstić information content (AvgIpc) is 3.23. The van der Waals surface area contributed by atoms with Crippen LogP contribution in [-0.2, 0) is 0 Å². The van der Waals surface area contributed by atoms with Crippen LogP contribution in [0, 0.1) is 0 Å². The third-order valence-corrected chi connectivity index (χ3v) is 9.89. The molecule has 0 aliphatic rings. The molecule has 0 bridgehead atoms. The fraction of sp³-hybridized carbons (Fsp3) is 0. The molecule has 0 unspecified atom stereocenters. The fourth-order valence-electron chi connectivity index (χ4n) is 7.29. The van der Waals surface area contributed by atoms with E-state index in [2.05, 4.69) is 157 Å². The van der Waals surface area contributed by atoms with E-state index >= 15 is 0 Å². The van der Waals surface area contributed by atoms with Crippen molar-refractivity contribution in [2.45, 2.75) is 0 Å². The lowest BCUT2D eigenvalue weighted by atomic mass is 9.91. The van der Waals surface area contributed by atoms with Crippen molar-refractivity contribution in [1.82, 2.24) is 19.9 Å². The van der Waals surface area contributed by atoms with Gasteiger partial charge in [0.2, 0.25) is 0 Å². The van der Waals surface area contributed by atoms with Crippen molar-refractivity contribution in [1.29, 1.82) is 0 Å². The highest BCUT2D eigenvalue weighted by molar-refractivity contribution is 6.05. The maximum atomic E-state index is 5.26. The van der Waals surface area contributed by atoms with Crippen LogP contribution in [-0.4, -0.2) is 19.9 Å². The van der Waals surface area contributed by atoms with Gasteiger partial charge in [0, 0.05) is 39.2 Å². The minimum atomic E-state index is 0.694. The third-order valence-electron chi connectivity index (χ3n) is 9.89. The van der Waals surface area contributed by atoms with Crippen molar-refractivity contribution in [3.05, 3.63) is 182 Å². The van der Waals surface area contributed by atoms with Crippen LogP contribution in [0.3, 0.4) is 0 Å². The van der Waals surface area contributed by atoms with Crippen molar-refractivity contribution in [3.63, 3.8) is 0 Å². The molecular formula is C48H30N4. The monoisotopic (exact) mass is 662 g/mol. The molecule has 0 amide bonds. The summed E-state index contributed by atoms with van der Waals surface area (Å²) in [5.41, 5.74) is 11.0. The first-order valence-corrected chi connectivity index (χ1v) is 17.5. The second kappa shape index (κ2) is 12.4. The van der Waals surface area contributed by atoms with Crippen LogP contribution in [0.5, 0.6) is 0 Å². The molecule has 10 aromatic rings. The molecular weight excluding hydrogens is 633 g/mol. The molecule has 242 valence electrons. The molecule has 3 heterocycles. The van der Waals surface area contributed by atoms with Gasteiger partial charge >= 0.3 is 0 Å². The molecule has 52 heavy (non-hydrogen) atoms. The van der Waals surface area contributed by atoms with Crippen LogP contribution in [0.4, 0.5) is 0 Å². The lowest BCUT2D eigenvalue weighted by Crippen LogP contribution is -1.98. The van der Waals surface area contributed by atoms with E-state index in [0.717, 1.165) is 88.4 Å². The van der Waals surface area contributed by atoms with E-state index < -0.39 is 0 Å². The topological polar surface area (TPSA) is 51.6 Å². The number of benzene rings is 7. The van der Waals surface area contributed by atoms with E-state index in [0.29, 0.717) is 5.82 Å². The van der Waals surface area contributed by atoms with Crippen molar-refractivity contribution in [3.8, 4) is 56.3 Å². The number of rotatable bonds is 5. The summed E-state index contributed by atoms with van der Waals surface area (Å²) < 4.78 is 0. The van der Waals surface area contributed by atoms with E-state index in [-0.39, 0.29) is 0 Å². The molecule has 0 saturated carbocycles. The summed E-state index contributed by atoms with van der Waals surface area (Å²) in [6.45, 7) is 0. The lowest BCUT2D eigenvalue weighted by Gasteiger charge is -2.16. The zero-order chi connectivity index (χ0) is 34.4. The molecule has 0 aliphatic carbocycles. The molecule has 0 N–H and O–H groups in total. The van der Waals surface area contributed by atoms with Gasteiger partial charge in [0.15, 0.2) is 5.82 Å². The maximum absolute atomic E-state index is 5.26. The molecule has 0 radical (unpaired) electrons. The van der Waals surface area contributed by atoms with Gasteiger partial charge in [0.05, 0.1) is 28.1 Å². The van der Waals surface area contributed by atoms with Crippen LogP contribution < -0.4 is 0 Å². The van der Waals surface area contributed by atoms with Gasteiger partial charge in [0.1, 0.15) is 0 Å². The van der Waals surface area contributed by atoms with E-state index in [1.165, 1.54) is 5.39 Å². The Hall–Kier alpha value is -7.04. The highest BCUT2D eigenvalue weighted by atomic mass is 14.9. The molecule has 0 fully saturated rings. The average molecular weight is 663 g/mol. The smallest absolute Gasteiger partial charge is 0.160 e. The van der Waals surface area contributed by atoms with Gasteiger partial charge in [-0.1, -0.05) is 146 Å². The Morgan fingerprint density at radius 1 is 0.327 bits per heavy atom. The van der Waals surface area contributed by atoms with Gasteiger partial charge in [-0.3, -0.25) is 4.98 Å². The molecule has 4 nitrogen and oxygen atoms in total. The Bertz CT molecular complexity index is 2960. The van der Waals surface area contributed by atoms with E-state index in [1.807, 2.05) is 30.5 Å². The van der Waals surface area contributed by atoms with Crippen LogP contribution >= 0.6 is 0 Å². The van der Waals surface area contributed by atoms with Crippen LogP contribution in [0.15, 0.2) is 182 Å². The summed E-state index contributed by atoms with van der Waals surface area (Å²) in [5, 5.41) is 6.77. The summed E-state index contributed by atoms with van der Waals surface area (Å²) in [4.78, 5) is 20.2. The van der Waals surface area contributed by atoms with Crippen molar-refractivity contribution >= 4 is 43.4 Å². The first kappa shape index (κ1) is 29.8. The van der Waals surface area contributed by atoms with Gasteiger partial charge in [-0.25, -0.2) is 15.0 Å². The number of hydrogen-bond donors (Lipinski definition) is 0. The Balaban J connectivity index is 1.12. The predicted octanol–water partition coefficient (Wildman–Crippen LogP) is 12.2. The summed E-state index contributed by atoms with van der Waals surface area (Å²) in [7, 11) is 0. The molecule has 0 spiro atoms. The first-order chi connectivity index (χ1) is 25.7. The fourth-order valence-corrected chi connectivity index (χ4v) is 7.29. The Morgan fingerprint density at radius 2 is 0.923 bits per heavy atom. The third kappa shape index (κ3) is 5.26. The molecule has 3 aromatic heterocycles. The molecule has 0 saturated heterocycles. The largest absolute Gasteiger partial charge is 0.254 e. The quantitative estimate of drug-likeness (QED) is 0.172. The summed E-state index contributed by atoms with van der Waals surface area (Å²) >= 11 is 0. The van der Waals surface area contributed by atoms with Gasteiger partial charge in [-0.15, -0.1) is 0 Å². The minimum absolute atomic E-state index is 0.694. The number of aromatic nitrogens is 4. The number of fused-ring (bicyclic) bond motifs is 5. The molecule has 10 rings (SSSR count). The van der Waals surface area contributed by atoms with Crippen molar-refractivity contribution in [2.24, 2.45) is 0 Å². The van der Waals surface area contributed by atoms with Crippen molar-refractivity contribution in [2.75, 3.05) is 0 Å². The van der Waals surface area contributed by atoms with E-state index in [9.17, 15) is 0 Å². The normalized spacial score (nSPS) is 11.5. The summed E-state index contributed by atoms with van der Waals surface area (Å²) in [5.74, 6) is 0.694. The second-order valence-corrected chi connectivity index (χ2v) is 13.1. The Labute approximate surface area is 300 Å². The number of nitrogens with zero attached hydrogens (tertiary/aromatic N) is 4. The minimum Gasteiger partial charge on any atom is -0.254 e. The zero-order valence-corrected chi connectivity index (χ0v) is 28.1. The molecule has 7 aromatic carbocycles. The lowest BCUT2D eigenvalue weighted by molar-refractivity contribution is 1.19. The number of hydrogen-bond acceptors (Lipinski definition) is 4. The summed E-state index contributed by atoms with van der Waals surface area (Å²) in [6, 6.07) is 61.5. The first-order valence-electron chi connectivity index (χ1n) is 17.5. The van der Waals surface area contributed by atoms with Crippen LogP contribution in [0.2, 0.25) is 0 Å². The maximum Gasteiger partial charge on any atom is 0.160 e. The van der Waals surface area contributed by atoms with Gasteiger partial charge in [-0.2, -0.15) is 0 Å². The Morgan fingerprint density at radius 3 is 1.71 bits per heavy atom. The standard InChI is InChI=1S/C48H30N4/c1-3-10-31(11-4-1)41-25-23-32-12-7-8-16-40(32)45(41)44-30-43(51-48(52-44)35-13-5-2-6-14-35)39-22-20-36-28-38(21-19-37(36)29-39)42-26-24-34-18-17-33-15-9-27-49-46(33)47(34)50-42/h1-30H. The van der Waals surface area contributed by atoms with Crippen LogP contribution in [0.25, 0.3) is 99.6 Å². The highest BCUT2D eigenvalue weighted by Gasteiger charge is 2.17. The second-order valence-electron chi connectivity index (χ2n) is 13.1. The van der Waals surface area contributed by atoms with Gasteiger partial charge in [-0.05, 0) is 63.0 Å². The highest BCUT2D eigenvalue weighted by Crippen LogP contribution is 2.40. The summed E-state index contributed by atoms with van der Waals surface area (Å²) in [6.07, 6.45) is 1.83. The molecule has 0 aliphatic heterocycles. The SMILES string of the molecule is c1ccc(-c2nc(-c3ccc4cc(-c5ccc6ccc7cccnc7c6n5)ccc4c3)cc(-c3c(-c4ccccc4)ccc4ccccc34)n2)cc1. The Kier molecular flexibility index (Phi) is 7.10. The van der Waals surface area contributed by atoms with E-state index in [4.69, 9.17) is 15.0 Å². The van der Waals surface area contributed by atoms with E-state index in [1.54, 1.807) is 0 Å². The van der Waals surface area contributed by atoms with Crippen molar-refractivity contribution < 1.29 is 0 Å². The zero-order valence-electron chi connectivity index (χ0n) is 28.1.